The van der Waals surface area contributed by atoms with Crippen LogP contribution in [0.1, 0.15) is 101 Å². The molecule has 0 fully saturated rings. The summed E-state index contributed by atoms with van der Waals surface area (Å²) in [6, 6.07) is 12.2. The smallest absolute Gasteiger partial charge is 0.148 e. The number of fused-ring (bicyclic) bond motifs is 8. The van der Waals surface area contributed by atoms with Crippen molar-refractivity contribution in [1.82, 2.24) is 15.0 Å². The van der Waals surface area contributed by atoms with E-state index >= 15 is 17.6 Å². The van der Waals surface area contributed by atoms with Crippen molar-refractivity contribution in [2.75, 3.05) is 38.0 Å². The van der Waals surface area contributed by atoms with Crippen molar-refractivity contribution in [1.29, 1.82) is 0 Å². The minimum absolute atomic E-state index is 0. The SMILES string of the molecule is CN(C)c1cc2nc(c1)C(C)(C)c1nc(c(F)cc1F)C(C)(C)c1cc(N(C)C)cc(n1)C(C)(C)c1[c-]c(c(F)cc1F)C2(C)C.[Pt]. The average Bonchev–Trinajstić information content (AvgIpc) is 2.95. The van der Waals surface area contributed by atoms with Crippen molar-refractivity contribution in [2.24, 2.45) is 0 Å². The number of benzene rings is 1. The molecular weight excluding hydrogens is 786 g/mol. The van der Waals surface area contributed by atoms with E-state index < -0.39 is 44.9 Å². The molecule has 47 heavy (non-hydrogen) atoms. The van der Waals surface area contributed by atoms with Gasteiger partial charge in [0.2, 0.25) is 0 Å². The van der Waals surface area contributed by atoms with Crippen molar-refractivity contribution < 1.29 is 38.6 Å². The van der Waals surface area contributed by atoms with Crippen molar-refractivity contribution >= 4 is 11.4 Å². The Kier molecular flexibility index (Phi) is 9.30. The molecule has 0 N–H and O–H groups in total. The molecular formula is C37H42F4N5Pt-. The molecule has 4 aromatic rings. The summed E-state index contributed by atoms with van der Waals surface area (Å²) >= 11 is 0. The molecule has 0 spiro atoms. The monoisotopic (exact) mass is 827 g/mol. The van der Waals surface area contributed by atoms with Crippen molar-refractivity contribution in [3.63, 3.8) is 0 Å². The van der Waals surface area contributed by atoms with Crippen LogP contribution in [0.15, 0.2) is 36.4 Å². The van der Waals surface area contributed by atoms with Crippen LogP contribution in [-0.2, 0) is 42.7 Å². The van der Waals surface area contributed by atoms with E-state index in [2.05, 4.69) is 6.07 Å². The van der Waals surface area contributed by atoms with Crippen molar-refractivity contribution in [2.45, 2.75) is 77.0 Å². The molecule has 1 aliphatic heterocycles. The Morgan fingerprint density at radius 2 is 0.766 bits per heavy atom. The van der Waals surface area contributed by atoms with E-state index in [0.29, 0.717) is 22.8 Å². The van der Waals surface area contributed by atoms with Gasteiger partial charge in [0.25, 0.3) is 0 Å². The second-order valence-electron chi connectivity index (χ2n) is 14.8. The molecule has 0 atom stereocenters. The van der Waals surface area contributed by atoms with Crippen LogP contribution in [0, 0.1) is 29.3 Å². The summed E-state index contributed by atoms with van der Waals surface area (Å²) in [5.41, 5.74) is -0.902. The first-order chi connectivity index (χ1) is 21.1. The normalized spacial score (nSPS) is 17.0. The third-order valence-corrected chi connectivity index (χ3v) is 9.56. The molecule has 1 aromatic carbocycles. The molecule has 10 heteroatoms. The van der Waals surface area contributed by atoms with E-state index in [1.807, 2.05) is 62.3 Å². The van der Waals surface area contributed by atoms with Crippen LogP contribution >= 0.6 is 0 Å². The van der Waals surface area contributed by atoms with Gasteiger partial charge in [0.1, 0.15) is 11.6 Å². The Morgan fingerprint density at radius 1 is 0.468 bits per heavy atom. The van der Waals surface area contributed by atoms with Gasteiger partial charge in [-0.3, -0.25) is 18.7 Å². The van der Waals surface area contributed by atoms with E-state index in [-0.39, 0.29) is 43.6 Å². The fraction of sp³-hybridized carbons (Fsp3) is 0.432. The molecule has 0 saturated heterocycles. The van der Waals surface area contributed by atoms with Crippen LogP contribution < -0.4 is 9.80 Å². The summed E-state index contributed by atoms with van der Waals surface area (Å²) in [6.07, 6.45) is 0. The van der Waals surface area contributed by atoms with Gasteiger partial charge in [0.15, 0.2) is 0 Å². The summed E-state index contributed by atoms with van der Waals surface area (Å²) in [5.74, 6) is -3.12. The van der Waals surface area contributed by atoms with Crippen LogP contribution in [0.25, 0.3) is 0 Å². The number of hydrogen-bond acceptors (Lipinski definition) is 5. The van der Waals surface area contributed by atoms with E-state index in [4.69, 9.17) is 15.0 Å². The van der Waals surface area contributed by atoms with Crippen LogP contribution in [0.5, 0.6) is 0 Å². The van der Waals surface area contributed by atoms with E-state index in [1.54, 1.807) is 55.4 Å². The topological polar surface area (TPSA) is 45.2 Å². The Morgan fingerprint density at radius 3 is 1.09 bits per heavy atom. The second-order valence-corrected chi connectivity index (χ2v) is 14.8. The number of nitrogens with zero attached hydrogens (tertiary/aromatic N) is 5. The number of pyridine rings is 3. The largest absolute Gasteiger partial charge is 0.378 e. The summed E-state index contributed by atoms with van der Waals surface area (Å²) in [4.78, 5) is 18.4. The number of rotatable bonds is 2. The Hall–Kier alpha value is -3.32. The average molecular weight is 828 g/mol. The summed E-state index contributed by atoms with van der Waals surface area (Å²) in [6.45, 7) is 14.3. The van der Waals surface area contributed by atoms with Crippen LogP contribution in [0.4, 0.5) is 28.9 Å². The molecule has 3 aromatic heterocycles. The Balaban J connectivity index is 0.00000500. The number of anilines is 2. The second kappa shape index (κ2) is 12.0. The molecule has 8 bridgehead atoms. The zero-order valence-corrected chi connectivity index (χ0v) is 31.3. The molecule has 5 rings (SSSR count). The van der Waals surface area contributed by atoms with E-state index in [0.717, 1.165) is 23.5 Å². The van der Waals surface area contributed by atoms with E-state index in [9.17, 15) is 0 Å². The van der Waals surface area contributed by atoms with E-state index in [1.165, 1.54) is 0 Å². The van der Waals surface area contributed by atoms with Gasteiger partial charge in [-0.2, -0.15) is 6.07 Å². The first-order valence-corrected chi connectivity index (χ1v) is 15.3. The maximum atomic E-state index is 15.9. The zero-order valence-electron chi connectivity index (χ0n) is 29.0. The van der Waals surface area contributed by atoms with Gasteiger partial charge in [-0.15, -0.1) is 17.2 Å². The zero-order chi connectivity index (χ0) is 34.3. The maximum absolute atomic E-state index is 15.9. The summed E-state index contributed by atoms with van der Waals surface area (Å²) in [7, 11) is 7.45. The van der Waals surface area contributed by atoms with Crippen LogP contribution in [0.3, 0.4) is 0 Å². The molecule has 0 aliphatic carbocycles. The maximum Gasteiger partial charge on any atom is 0.148 e. The van der Waals surface area contributed by atoms with Crippen molar-refractivity contribution in [3.05, 3.63) is 111 Å². The van der Waals surface area contributed by atoms with Crippen LogP contribution in [0.2, 0.25) is 0 Å². The van der Waals surface area contributed by atoms with Gasteiger partial charge in [0, 0.05) is 89.2 Å². The standard InChI is InChI=1S/C37H42F4N5.Pt/c1-34(2)22-17-23(25(39)18-24(22)38)35(3,4)29-14-21(46(11)12)16-31(43-29)37(7,8)33-27(41)19-26(40)32(44-33)36(5,6)30-15-20(45(9)10)13-28(34)42-30;/h13-16,18-19H,1-12H3;/q-1;. The third-order valence-electron chi connectivity index (χ3n) is 9.56. The number of hydrogen-bond donors (Lipinski definition) is 0. The minimum atomic E-state index is -1.15. The number of halogens is 4. The molecule has 5 nitrogen and oxygen atoms in total. The van der Waals surface area contributed by atoms with Crippen LogP contribution in [-0.4, -0.2) is 43.1 Å². The first-order valence-electron chi connectivity index (χ1n) is 15.3. The van der Waals surface area contributed by atoms with Crippen molar-refractivity contribution in [3.8, 4) is 0 Å². The first kappa shape index (κ1) is 36.5. The fourth-order valence-electron chi connectivity index (χ4n) is 6.08. The van der Waals surface area contributed by atoms with Gasteiger partial charge in [0.05, 0.1) is 45.0 Å². The molecule has 4 heterocycles. The fourth-order valence-corrected chi connectivity index (χ4v) is 6.08. The Labute approximate surface area is 290 Å². The van der Waals surface area contributed by atoms with Gasteiger partial charge in [-0.25, -0.2) is 13.8 Å². The van der Waals surface area contributed by atoms with Gasteiger partial charge >= 0.3 is 0 Å². The molecule has 0 radical (unpaired) electrons. The predicted molar refractivity (Wildman–Crippen MR) is 175 cm³/mol. The molecule has 1 aliphatic rings. The summed E-state index contributed by atoms with van der Waals surface area (Å²) in [5, 5.41) is 0. The predicted octanol–water partition coefficient (Wildman–Crippen LogP) is 7.97. The summed E-state index contributed by atoms with van der Waals surface area (Å²) < 4.78 is 63.4. The Bertz CT molecular complexity index is 1620. The molecule has 0 saturated carbocycles. The van der Waals surface area contributed by atoms with Gasteiger partial charge in [-0.1, -0.05) is 27.7 Å². The quantitative estimate of drug-likeness (QED) is 0.152. The van der Waals surface area contributed by atoms with Gasteiger partial charge < -0.3 is 9.80 Å². The van der Waals surface area contributed by atoms with Gasteiger partial charge in [-0.05, 0) is 52.0 Å². The molecule has 0 amide bonds. The minimum Gasteiger partial charge on any atom is -0.378 e. The third kappa shape index (κ3) is 5.98. The molecule has 254 valence electrons. The number of aromatic nitrogens is 3. The molecule has 0 unspecified atom stereocenters.